The van der Waals surface area contributed by atoms with E-state index in [1.54, 1.807) is 40.1 Å². The van der Waals surface area contributed by atoms with Crippen LogP contribution in [0.1, 0.15) is 30.9 Å². The third-order valence-electron chi connectivity index (χ3n) is 5.45. The zero-order valence-corrected chi connectivity index (χ0v) is 17.3. The molecule has 0 spiro atoms. The standard InChI is InChI=1S/C21H23N3O4S/c1-14-12-17(5-7-19(14)24-10-3-4-21(24)26)22-29(27,28)18-6-8-20-16(13-18)9-11-23(20)15(2)25/h5-8,12-13,22H,3-4,9-11H2,1-2H3. The largest absolute Gasteiger partial charge is 0.312 e. The number of rotatable bonds is 4. The molecule has 2 aromatic rings. The van der Waals surface area contributed by atoms with Crippen molar-refractivity contribution in [2.24, 2.45) is 0 Å². The first-order chi connectivity index (χ1) is 13.8. The van der Waals surface area contributed by atoms with Crippen LogP contribution in [0.25, 0.3) is 0 Å². The summed E-state index contributed by atoms with van der Waals surface area (Å²) in [7, 11) is -3.77. The molecule has 0 saturated carbocycles. The van der Waals surface area contributed by atoms with Crippen LogP contribution in [-0.4, -0.2) is 33.3 Å². The fraction of sp³-hybridized carbons (Fsp3) is 0.333. The van der Waals surface area contributed by atoms with E-state index in [1.807, 2.05) is 6.92 Å². The van der Waals surface area contributed by atoms with E-state index in [-0.39, 0.29) is 16.7 Å². The average molecular weight is 413 g/mol. The zero-order chi connectivity index (χ0) is 20.8. The Bertz CT molecular complexity index is 1110. The van der Waals surface area contributed by atoms with Crippen LogP contribution in [0.3, 0.4) is 0 Å². The van der Waals surface area contributed by atoms with Crippen LogP contribution < -0.4 is 14.5 Å². The van der Waals surface area contributed by atoms with Gasteiger partial charge in [0.25, 0.3) is 10.0 Å². The van der Waals surface area contributed by atoms with Gasteiger partial charge in [0.1, 0.15) is 0 Å². The summed E-state index contributed by atoms with van der Waals surface area (Å²) in [4.78, 5) is 27.2. The highest BCUT2D eigenvalue weighted by Crippen LogP contribution is 2.32. The number of hydrogen-bond acceptors (Lipinski definition) is 4. The predicted octanol–water partition coefficient (Wildman–Crippen LogP) is 2.83. The molecule has 29 heavy (non-hydrogen) atoms. The van der Waals surface area contributed by atoms with Crippen molar-refractivity contribution in [1.29, 1.82) is 0 Å². The molecule has 152 valence electrons. The normalized spacial score (nSPS) is 16.3. The van der Waals surface area contributed by atoms with E-state index in [9.17, 15) is 18.0 Å². The molecule has 2 aliphatic rings. The second kappa shape index (κ2) is 7.18. The highest BCUT2D eigenvalue weighted by atomic mass is 32.2. The second-order valence-electron chi connectivity index (χ2n) is 7.47. The van der Waals surface area contributed by atoms with E-state index < -0.39 is 10.0 Å². The topological polar surface area (TPSA) is 86.8 Å². The summed E-state index contributed by atoms with van der Waals surface area (Å²) in [5.74, 6) is 0.0451. The van der Waals surface area contributed by atoms with Crippen LogP contribution in [0.2, 0.25) is 0 Å². The molecule has 7 nitrogen and oxygen atoms in total. The van der Waals surface area contributed by atoms with Gasteiger partial charge in [0.2, 0.25) is 11.8 Å². The lowest BCUT2D eigenvalue weighted by Crippen LogP contribution is -2.25. The lowest BCUT2D eigenvalue weighted by atomic mass is 10.1. The van der Waals surface area contributed by atoms with Crippen molar-refractivity contribution in [2.75, 3.05) is 27.6 Å². The molecule has 2 aliphatic heterocycles. The molecule has 8 heteroatoms. The zero-order valence-electron chi connectivity index (χ0n) is 16.4. The Morgan fingerprint density at radius 2 is 1.79 bits per heavy atom. The van der Waals surface area contributed by atoms with Gasteiger partial charge in [-0.3, -0.25) is 14.3 Å². The molecule has 0 atom stereocenters. The van der Waals surface area contributed by atoms with Crippen molar-refractivity contribution in [2.45, 2.75) is 38.0 Å². The lowest BCUT2D eigenvalue weighted by molar-refractivity contribution is -0.117. The van der Waals surface area contributed by atoms with E-state index in [0.717, 1.165) is 28.9 Å². The molecule has 2 amide bonds. The smallest absolute Gasteiger partial charge is 0.261 e. The maximum Gasteiger partial charge on any atom is 0.261 e. The molecule has 2 heterocycles. The molecule has 1 N–H and O–H groups in total. The summed E-state index contributed by atoms with van der Waals surface area (Å²) in [5.41, 5.74) is 3.72. The lowest BCUT2D eigenvalue weighted by Gasteiger charge is -2.19. The van der Waals surface area contributed by atoms with Crippen LogP contribution in [0, 0.1) is 6.92 Å². The first-order valence-electron chi connectivity index (χ1n) is 9.61. The number of anilines is 3. The minimum absolute atomic E-state index is 0.0514. The molecule has 0 radical (unpaired) electrons. The van der Waals surface area contributed by atoms with Crippen molar-refractivity contribution in [3.8, 4) is 0 Å². The predicted molar refractivity (Wildman–Crippen MR) is 112 cm³/mol. The Morgan fingerprint density at radius 3 is 2.45 bits per heavy atom. The van der Waals surface area contributed by atoms with Gasteiger partial charge in [0.15, 0.2) is 0 Å². The molecule has 1 saturated heterocycles. The highest BCUT2D eigenvalue weighted by Gasteiger charge is 2.26. The molecule has 2 aromatic carbocycles. The second-order valence-corrected chi connectivity index (χ2v) is 9.15. The van der Waals surface area contributed by atoms with Crippen molar-refractivity contribution >= 4 is 38.9 Å². The number of carbonyl (C=O) groups is 2. The van der Waals surface area contributed by atoms with E-state index in [4.69, 9.17) is 0 Å². The maximum absolute atomic E-state index is 12.9. The number of fused-ring (bicyclic) bond motifs is 1. The van der Waals surface area contributed by atoms with E-state index >= 15 is 0 Å². The van der Waals surface area contributed by atoms with Crippen molar-refractivity contribution in [1.82, 2.24) is 0 Å². The van der Waals surface area contributed by atoms with Gasteiger partial charge in [-0.2, -0.15) is 0 Å². The summed E-state index contributed by atoms with van der Waals surface area (Å²) in [6.07, 6.45) is 2.02. The van der Waals surface area contributed by atoms with E-state index in [1.165, 1.54) is 13.0 Å². The fourth-order valence-electron chi connectivity index (χ4n) is 4.01. The van der Waals surface area contributed by atoms with Gasteiger partial charge < -0.3 is 9.80 Å². The van der Waals surface area contributed by atoms with Crippen molar-refractivity contribution in [3.63, 3.8) is 0 Å². The Kier molecular flexibility index (Phi) is 4.82. The van der Waals surface area contributed by atoms with Gasteiger partial charge >= 0.3 is 0 Å². The molecular formula is C21H23N3O4S. The van der Waals surface area contributed by atoms with Gasteiger partial charge in [-0.15, -0.1) is 0 Å². The van der Waals surface area contributed by atoms with E-state index in [2.05, 4.69) is 4.72 Å². The van der Waals surface area contributed by atoms with Gasteiger partial charge in [-0.05, 0) is 67.3 Å². The minimum Gasteiger partial charge on any atom is -0.312 e. The molecule has 1 fully saturated rings. The number of carbonyl (C=O) groups excluding carboxylic acids is 2. The van der Waals surface area contributed by atoms with Crippen LogP contribution in [-0.2, 0) is 26.0 Å². The fourth-order valence-corrected chi connectivity index (χ4v) is 5.11. The van der Waals surface area contributed by atoms with Gasteiger partial charge in [0.05, 0.1) is 4.90 Å². The molecule has 0 unspecified atom stereocenters. The van der Waals surface area contributed by atoms with Crippen LogP contribution >= 0.6 is 0 Å². The molecular weight excluding hydrogens is 390 g/mol. The van der Waals surface area contributed by atoms with Crippen molar-refractivity contribution < 1.29 is 18.0 Å². The molecule has 4 rings (SSSR count). The first-order valence-corrected chi connectivity index (χ1v) is 11.1. The summed E-state index contributed by atoms with van der Waals surface area (Å²) in [6, 6.07) is 10.0. The van der Waals surface area contributed by atoms with Gasteiger partial charge in [-0.1, -0.05) is 0 Å². The number of benzene rings is 2. The number of hydrogen-bond donors (Lipinski definition) is 1. The number of sulfonamides is 1. The van der Waals surface area contributed by atoms with Crippen molar-refractivity contribution in [3.05, 3.63) is 47.5 Å². The number of aryl methyl sites for hydroxylation is 1. The van der Waals surface area contributed by atoms with Crippen LogP contribution in [0.15, 0.2) is 41.3 Å². The summed E-state index contributed by atoms with van der Waals surface area (Å²) in [5, 5.41) is 0. The van der Waals surface area contributed by atoms with Crippen LogP contribution in [0.4, 0.5) is 17.1 Å². The summed E-state index contributed by atoms with van der Waals surface area (Å²) < 4.78 is 28.3. The van der Waals surface area contributed by atoms with Gasteiger partial charge in [0, 0.05) is 43.5 Å². The molecule has 0 aliphatic carbocycles. The Balaban J connectivity index is 1.57. The van der Waals surface area contributed by atoms with Gasteiger partial charge in [-0.25, -0.2) is 8.42 Å². The number of amides is 2. The van der Waals surface area contributed by atoms with Crippen LogP contribution in [0.5, 0.6) is 0 Å². The SMILES string of the molecule is CC(=O)N1CCc2cc(S(=O)(=O)Nc3ccc(N4CCCC4=O)c(C)c3)ccc21. The number of nitrogens with zero attached hydrogens (tertiary/aromatic N) is 2. The monoisotopic (exact) mass is 413 g/mol. The summed E-state index contributed by atoms with van der Waals surface area (Å²) >= 11 is 0. The first kappa shape index (κ1) is 19.4. The third-order valence-corrected chi connectivity index (χ3v) is 6.83. The number of nitrogens with one attached hydrogen (secondary N) is 1. The Labute approximate surface area is 170 Å². The third kappa shape index (κ3) is 3.60. The average Bonchev–Trinajstić information content (AvgIpc) is 3.27. The van der Waals surface area contributed by atoms with E-state index in [0.29, 0.717) is 31.6 Å². The summed E-state index contributed by atoms with van der Waals surface area (Å²) in [6.45, 7) is 4.63. The molecule has 0 bridgehead atoms. The quantitative estimate of drug-likeness (QED) is 0.835. The Morgan fingerprint density at radius 1 is 1.03 bits per heavy atom. The minimum atomic E-state index is -3.77. The maximum atomic E-state index is 12.9. The Hall–Kier alpha value is -2.87. The molecule has 0 aromatic heterocycles. The highest BCUT2D eigenvalue weighted by molar-refractivity contribution is 7.92.